The van der Waals surface area contributed by atoms with Gasteiger partial charge >= 0.3 is 0 Å². The lowest BCUT2D eigenvalue weighted by Gasteiger charge is -2.05. The van der Waals surface area contributed by atoms with Crippen molar-refractivity contribution in [1.82, 2.24) is 4.57 Å². The van der Waals surface area contributed by atoms with Gasteiger partial charge in [0.1, 0.15) is 5.82 Å². The molecule has 2 heterocycles. The van der Waals surface area contributed by atoms with Crippen molar-refractivity contribution in [3.05, 3.63) is 52.1 Å². The second-order valence-corrected chi connectivity index (χ2v) is 5.12. The molecule has 90 valence electrons. The maximum atomic E-state index is 11.8. The molecular formula is C14H12N2OS. The van der Waals surface area contributed by atoms with E-state index in [9.17, 15) is 4.79 Å². The van der Waals surface area contributed by atoms with Gasteiger partial charge in [-0.1, -0.05) is 18.2 Å². The molecule has 0 aliphatic rings. The number of pyridine rings is 1. The third-order valence-corrected chi connectivity index (χ3v) is 4.06. The van der Waals surface area contributed by atoms with Crippen LogP contribution in [0.25, 0.3) is 21.2 Å². The van der Waals surface area contributed by atoms with Gasteiger partial charge in [-0.2, -0.15) is 0 Å². The second kappa shape index (κ2) is 3.99. The lowest BCUT2D eigenvalue weighted by Crippen LogP contribution is -2.18. The van der Waals surface area contributed by atoms with Gasteiger partial charge in [0.05, 0.1) is 0 Å². The van der Waals surface area contributed by atoms with Crippen LogP contribution in [0.5, 0.6) is 0 Å². The van der Waals surface area contributed by atoms with E-state index >= 15 is 0 Å². The van der Waals surface area contributed by atoms with Crippen LogP contribution in [-0.2, 0) is 7.05 Å². The number of fused-ring (bicyclic) bond motifs is 1. The third-order valence-electron chi connectivity index (χ3n) is 3.09. The first-order valence-corrected chi connectivity index (χ1v) is 6.48. The normalized spacial score (nSPS) is 10.9. The predicted octanol–water partition coefficient (Wildman–Crippen LogP) is 2.85. The van der Waals surface area contributed by atoms with Gasteiger partial charge in [-0.05, 0) is 23.1 Å². The lowest BCUT2D eigenvalue weighted by atomic mass is 10.1. The average Bonchev–Trinajstić information content (AvgIpc) is 2.79. The predicted molar refractivity (Wildman–Crippen MR) is 76.9 cm³/mol. The molecule has 0 bridgehead atoms. The van der Waals surface area contributed by atoms with E-state index in [4.69, 9.17) is 5.73 Å². The zero-order valence-electron chi connectivity index (χ0n) is 9.88. The topological polar surface area (TPSA) is 48.0 Å². The Morgan fingerprint density at radius 1 is 1.22 bits per heavy atom. The molecule has 0 unspecified atom stereocenters. The zero-order chi connectivity index (χ0) is 12.7. The Bertz CT molecular complexity index is 786. The van der Waals surface area contributed by atoms with Crippen LogP contribution >= 0.6 is 11.3 Å². The number of nitrogens with two attached hydrogens (primary N) is 1. The molecule has 0 spiro atoms. The molecule has 4 heteroatoms. The fraction of sp³-hybridized carbons (Fsp3) is 0.0714. The Morgan fingerprint density at radius 3 is 2.78 bits per heavy atom. The summed E-state index contributed by atoms with van der Waals surface area (Å²) in [6.07, 6.45) is 0. The second-order valence-electron chi connectivity index (χ2n) is 4.21. The molecule has 2 N–H and O–H groups in total. The smallest absolute Gasteiger partial charge is 0.252 e. The van der Waals surface area contributed by atoms with Crippen LogP contribution in [0, 0.1) is 0 Å². The summed E-state index contributed by atoms with van der Waals surface area (Å²) in [4.78, 5) is 11.8. The minimum Gasteiger partial charge on any atom is -0.385 e. The Morgan fingerprint density at radius 2 is 2.00 bits per heavy atom. The van der Waals surface area contributed by atoms with Crippen LogP contribution in [0.2, 0.25) is 0 Å². The minimum absolute atomic E-state index is 0.0831. The molecule has 3 rings (SSSR count). The zero-order valence-corrected chi connectivity index (χ0v) is 10.7. The molecule has 0 radical (unpaired) electrons. The van der Waals surface area contributed by atoms with Crippen molar-refractivity contribution in [2.24, 2.45) is 7.05 Å². The largest absolute Gasteiger partial charge is 0.385 e. The molecule has 0 amide bonds. The summed E-state index contributed by atoms with van der Waals surface area (Å²) in [6, 6.07) is 11.6. The summed E-state index contributed by atoms with van der Waals surface area (Å²) in [6.45, 7) is 0. The van der Waals surface area contributed by atoms with Crippen molar-refractivity contribution in [1.29, 1.82) is 0 Å². The summed E-state index contributed by atoms with van der Waals surface area (Å²) in [5.41, 5.74) is 7.71. The number of benzene rings is 1. The molecule has 3 nitrogen and oxygen atoms in total. The monoisotopic (exact) mass is 256 g/mol. The highest BCUT2D eigenvalue weighted by atomic mass is 32.1. The highest BCUT2D eigenvalue weighted by Crippen LogP contribution is 2.33. The van der Waals surface area contributed by atoms with E-state index in [0.717, 1.165) is 16.5 Å². The summed E-state index contributed by atoms with van der Waals surface area (Å²) in [7, 11) is 1.67. The first kappa shape index (κ1) is 11.0. The quantitative estimate of drug-likeness (QED) is 0.727. The number of anilines is 1. The van der Waals surface area contributed by atoms with Crippen molar-refractivity contribution in [2.45, 2.75) is 0 Å². The van der Waals surface area contributed by atoms with Gasteiger partial charge in [0.15, 0.2) is 0 Å². The Kier molecular flexibility index (Phi) is 2.45. The molecule has 0 saturated heterocycles. The molecule has 0 atom stereocenters. The van der Waals surface area contributed by atoms with E-state index in [-0.39, 0.29) is 5.56 Å². The molecule has 0 aliphatic carbocycles. The number of nitrogen functional groups attached to an aromatic ring is 1. The van der Waals surface area contributed by atoms with E-state index in [1.807, 2.05) is 18.2 Å². The molecule has 1 aromatic carbocycles. The summed E-state index contributed by atoms with van der Waals surface area (Å²) < 4.78 is 2.66. The van der Waals surface area contributed by atoms with Gasteiger partial charge in [-0.3, -0.25) is 9.36 Å². The van der Waals surface area contributed by atoms with Crippen LogP contribution in [-0.4, -0.2) is 4.57 Å². The standard InChI is InChI=1S/C14H12N2OS/c1-16-13(15)6-9(7-14(16)17)11-8-18-12-5-3-2-4-10(11)12/h2-8H,15H2,1H3. The highest BCUT2D eigenvalue weighted by molar-refractivity contribution is 7.17. The summed E-state index contributed by atoms with van der Waals surface area (Å²) in [5, 5.41) is 3.23. The Hall–Kier alpha value is -2.07. The maximum absolute atomic E-state index is 11.8. The summed E-state index contributed by atoms with van der Waals surface area (Å²) >= 11 is 1.68. The van der Waals surface area contributed by atoms with E-state index in [1.165, 1.54) is 9.27 Å². The lowest BCUT2D eigenvalue weighted by molar-refractivity contribution is 0.876. The van der Waals surface area contributed by atoms with Crippen molar-refractivity contribution >= 4 is 27.2 Å². The van der Waals surface area contributed by atoms with Crippen LogP contribution in [0.3, 0.4) is 0 Å². The van der Waals surface area contributed by atoms with Crippen molar-refractivity contribution in [3.63, 3.8) is 0 Å². The van der Waals surface area contributed by atoms with E-state index < -0.39 is 0 Å². The van der Waals surface area contributed by atoms with Crippen LogP contribution in [0.1, 0.15) is 0 Å². The Balaban J connectivity index is 2.30. The van der Waals surface area contributed by atoms with Crippen molar-refractivity contribution in [2.75, 3.05) is 5.73 Å². The fourth-order valence-electron chi connectivity index (χ4n) is 2.01. The van der Waals surface area contributed by atoms with Gasteiger partial charge < -0.3 is 5.73 Å². The van der Waals surface area contributed by atoms with Gasteiger partial charge in [-0.15, -0.1) is 11.3 Å². The third kappa shape index (κ3) is 1.62. The van der Waals surface area contributed by atoms with Gasteiger partial charge in [0.25, 0.3) is 5.56 Å². The molecule has 0 fully saturated rings. The number of aromatic nitrogens is 1. The average molecular weight is 256 g/mol. The number of rotatable bonds is 1. The van der Waals surface area contributed by atoms with E-state index in [0.29, 0.717) is 5.82 Å². The van der Waals surface area contributed by atoms with Gasteiger partial charge in [0.2, 0.25) is 0 Å². The number of hydrogen-bond acceptors (Lipinski definition) is 3. The number of thiophene rings is 1. The molecule has 2 aromatic heterocycles. The van der Waals surface area contributed by atoms with Crippen LogP contribution < -0.4 is 11.3 Å². The van der Waals surface area contributed by atoms with E-state index in [2.05, 4.69) is 17.5 Å². The molecule has 3 aromatic rings. The fourth-order valence-corrected chi connectivity index (χ4v) is 2.98. The van der Waals surface area contributed by atoms with E-state index in [1.54, 1.807) is 24.5 Å². The highest BCUT2D eigenvalue weighted by Gasteiger charge is 2.08. The van der Waals surface area contributed by atoms with Gasteiger partial charge in [0, 0.05) is 28.8 Å². The molecule has 0 aliphatic heterocycles. The molecule has 18 heavy (non-hydrogen) atoms. The minimum atomic E-state index is -0.0831. The summed E-state index contributed by atoms with van der Waals surface area (Å²) in [5.74, 6) is 0.479. The van der Waals surface area contributed by atoms with Crippen LogP contribution in [0.15, 0.2) is 46.6 Å². The van der Waals surface area contributed by atoms with Gasteiger partial charge in [-0.25, -0.2) is 0 Å². The number of nitrogens with zero attached hydrogens (tertiary/aromatic N) is 1. The first-order chi connectivity index (χ1) is 8.66. The number of hydrogen-bond donors (Lipinski definition) is 1. The van der Waals surface area contributed by atoms with Crippen LogP contribution in [0.4, 0.5) is 5.82 Å². The first-order valence-electron chi connectivity index (χ1n) is 5.60. The molecule has 0 saturated carbocycles. The van der Waals surface area contributed by atoms with Crippen molar-refractivity contribution < 1.29 is 0 Å². The van der Waals surface area contributed by atoms with Crippen molar-refractivity contribution in [3.8, 4) is 11.1 Å². The SMILES string of the molecule is Cn1c(N)cc(-c2csc3ccccc23)cc1=O. The maximum Gasteiger partial charge on any atom is 0.252 e. The molecular weight excluding hydrogens is 244 g/mol. The Labute approximate surface area is 108 Å².